The number of pyridine rings is 1. The Morgan fingerprint density at radius 1 is 1.00 bits per heavy atom. The summed E-state index contributed by atoms with van der Waals surface area (Å²) in [6.07, 6.45) is 3.91. The zero-order chi connectivity index (χ0) is 27.4. The molecule has 0 radical (unpaired) electrons. The van der Waals surface area contributed by atoms with E-state index in [1.807, 2.05) is 37.3 Å². The van der Waals surface area contributed by atoms with E-state index in [0.717, 1.165) is 24.8 Å². The minimum Gasteiger partial charge on any atom is -0.493 e. The summed E-state index contributed by atoms with van der Waals surface area (Å²) in [5.74, 6) is -1.74. The van der Waals surface area contributed by atoms with Gasteiger partial charge in [-0.15, -0.1) is 0 Å². The van der Waals surface area contributed by atoms with Gasteiger partial charge in [-0.1, -0.05) is 63.9 Å². The number of nitrogens with one attached hydrogen (secondary N) is 1. The molecular formula is C28H38N2O7. The molecule has 0 spiro atoms. The Morgan fingerprint density at radius 2 is 1.70 bits per heavy atom. The van der Waals surface area contributed by atoms with Crippen LogP contribution < -0.4 is 14.8 Å². The van der Waals surface area contributed by atoms with Crippen LogP contribution in [0.2, 0.25) is 0 Å². The van der Waals surface area contributed by atoms with Gasteiger partial charge in [-0.25, -0.2) is 9.78 Å². The van der Waals surface area contributed by atoms with E-state index in [4.69, 9.17) is 18.9 Å². The maximum Gasteiger partial charge on any atom is 0.328 e. The molecule has 0 aliphatic carbocycles. The zero-order valence-corrected chi connectivity index (χ0v) is 22.5. The quantitative estimate of drug-likeness (QED) is 0.286. The van der Waals surface area contributed by atoms with Gasteiger partial charge < -0.3 is 24.3 Å². The van der Waals surface area contributed by atoms with E-state index < -0.39 is 30.7 Å². The monoisotopic (exact) mass is 514 g/mol. The first-order chi connectivity index (χ1) is 17.7. The third-order valence-electron chi connectivity index (χ3n) is 5.85. The van der Waals surface area contributed by atoms with Crippen molar-refractivity contribution in [1.29, 1.82) is 0 Å². The van der Waals surface area contributed by atoms with E-state index >= 15 is 0 Å². The lowest BCUT2D eigenvalue weighted by atomic mass is 9.89. The smallest absolute Gasteiger partial charge is 0.328 e. The van der Waals surface area contributed by atoms with Crippen molar-refractivity contribution < 1.29 is 33.3 Å². The molecule has 2 aromatic rings. The number of carbonyl (C=O) groups excluding carboxylic acids is 3. The molecular weight excluding hydrogens is 476 g/mol. The highest BCUT2D eigenvalue weighted by molar-refractivity contribution is 5.98. The molecule has 37 heavy (non-hydrogen) atoms. The van der Waals surface area contributed by atoms with Crippen LogP contribution in [0.25, 0.3) is 0 Å². The Balaban J connectivity index is 2.08. The predicted molar refractivity (Wildman–Crippen MR) is 138 cm³/mol. The summed E-state index contributed by atoms with van der Waals surface area (Å²) >= 11 is 0. The molecule has 1 aromatic carbocycles. The van der Waals surface area contributed by atoms with Gasteiger partial charge in [-0.05, 0) is 25.8 Å². The van der Waals surface area contributed by atoms with E-state index in [-0.39, 0.29) is 35.1 Å². The van der Waals surface area contributed by atoms with Crippen LogP contribution in [-0.4, -0.2) is 48.9 Å². The van der Waals surface area contributed by atoms with Gasteiger partial charge in [-0.2, -0.15) is 0 Å². The Bertz CT molecular complexity index is 1030. The summed E-state index contributed by atoms with van der Waals surface area (Å²) in [7, 11) is 1.41. The van der Waals surface area contributed by atoms with Crippen LogP contribution in [-0.2, 0) is 19.1 Å². The van der Waals surface area contributed by atoms with Crippen molar-refractivity contribution in [3.8, 4) is 11.5 Å². The minimum absolute atomic E-state index is 0.00306. The normalized spacial score (nSPS) is 13.3. The number of nitrogens with zero attached hydrogens (tertiary/aromatic N) is 1. The number of hydrogen-bond donors (Lipinski definition) is 1. The second kappa shape index (κ2) is 14.8. The maximum atomic E-state index is 13.0. The fourth-order valence-corrected chi connectivity index (χ4v) is 3.69. The second-order valence-electron chi connectivity index (χ2n) is 9.07. The van der Waals surface area contributed by atoms with Crippen LogP contribution in [0.3, 0.4) is 0 Å². The van der Waals surface area contributed by atoms with Gasteiger partial charge in [0.2, 0.25) is 6.79 Å². The Labute approximate surface area is 218 Å². The number of aromatic nitrogens is 1. The third kappa shape index (κ3) is 8.77. The number of ether oxygens (including phenoxy) is 4. The highest BCUT2D eigenvalue weighted by Crippen LogP contribution is 2.30. The van der Waals surface area contributed by atoms with Gasteiger partial charge >= 0.3 is 11.9 Å². The molecule has 0 saturated carbocycles. The molecule has 0 bridgehead atoms. The Kier molecular flexibility index (Phi) is 11.9. The number of benzene rings is 1. The number of esters is 2. The lowest BCUT2D eigenvalue weighted by Crippen LogP contribution is -2.41. The standard InChI is InChI=1S/C28H38N2O7/c1-7-8-14-22(21-12-10-9-11-13-21)20(5)37-28(33)19(4)30-26(31)24-25(23(34-6)15-16-29-24)35-17-36-27(32)18(2)3/h9-13,15-16,18-20,22H,7-8,14,17H2,1-6H3,(H,30,31)/t19?,20-,22-/m0/s1. The van der Waals surface area contributed by atoms with Gasteiger partial charge in [0.1, 0.15) is 12.1 Å². The largest absolute Gasteiger partial charge is 0.493 e. The molecule has 1 N–H and O–H groups in total. The molecule has 0 saturated heterocycles. The molecule has 0 fully saturated rings. The van der Waals surface area contributed by atoms with E-state index in [0.29, 0.717) is 0 Å². The van der Waals surface area contributed by atoms with Crippen molar-refractivity contribution in [3.63, 3.8) is 0 Å². The molecule has 9 heteroatoms. The van der Waals surface area contributed by atoms with Crippen LogP contribution in [0.5, 0.6) is 11.5 Å². The van der Waals surface area contributed by atoms with Crippen molar-refractivity contribution in [1.82, 2.24) is 10.3 Å². The van der Waals surface area contributed by atoms with Crippen molar-refractivity contribution >= 4 is 17.8 Å². The Hall–Kier alpha value is -3.62. The average molecular weight is 515 g/mol. The van der Waals surface area contributed by atoms with Gasteiger partial charge in [0.05, 0.1) is 13.0 Å². The third-order valence-corrected chi connectivity index (χ3v) is 5.85. The molecule has 202 valence electrons. The zero-order valence-electron chi connectivity index (χ0n) is 22.5. The number of unbranched alkanes of at least 4 members (excludes halogenated alkanes) is 1. The molecule has 0 aliphatic rings. The maximum absolute atomic E-state index is 13.0. The summed E-state index contributed by atoms with van der Waals surface area (Å²) in [5.41, 5.74) is 0.992. The summed E-state index contributed by atoms with van der Waals surface area (Å²) in [5, 5.41) is 2.61. The second-order valence-corrected chi connectivity index (χ2v) is 9.07. The van der Waals surface area contributed by atoms with Crippen molar-refractivity contribution in [2.75, 3.05) is 13.9 Å². The van der Waals surface area contributed by atoms with Crippen LogP contribution in [0.1, 0.15) is 75.9 Å². The summed E-state index contributed by atoms with van der Waals surface area (Å²) in [4.78, 5) is 41.7. The van der Waals surface area contributed by atoms with Gasteiger partial charge in [0.25, 0.3) is 5.91 Å². The van der Waals surface area contributed by atoms with E-state index in [1.165, 1.54) is 19.4 Å². The van der Waals surface area contributed by atoms with E-state index in [2.05, 4.69) is 17.2 Å². The average Bonchev–Trinajstić information content (AvgIpc) is 2.89. The summed E-state index contributed by atoms with van der Waals surface area (Å²) < 4.78 is 21.6. The fraction of sp³-hybridized carbons (Fsp3) is 0.500. The van der Waals surface area contributed by atoms with Crippen LogP contribution >= 0.6 is 0 Å². The fourth-order valence-electron chi connectivity index (χ4n) is 3.69. The first kappa shape index (κ1) is 29.6. The minimum atomic E-state index is -0.947. The highest BCUT2D eigenvalue weighted by atomic mass is 16.7. The summed E-state index contributed by atoms with van der Waals surface area (Å²) in [6.45, 7) is 8.50. The molecule has 1 heterocycles. The number of methoxy groups -OCH3 is 1. The number of hydrogen-bond acceptors (Lipinski definition) is 8. The number of carbonyl (C=O) groups is 3. The van der Waals surface area contributed by atoms with Crippen LogP contribution in [0.15, 0.2) is 42.6 Å². The SMILES string of the molecule is CCCC[C@H](c1ccccc1)[C@H](C)OC(=O)C(C)NC(=O)c1nccc(OC)c1OCOC(=O)C(C)C. The van der Waals surface area contributed by atoms with Crippen LogP contribution in [0, 0.1) is 5.92 Å². The molecule has 9 nitrogen and oxygen atoms in total. The number of rotatable bonds is 14. The van der Waals surface area contributed by atoms with Crippen molar-refractivity contribution in [2.24, 2.45) is 5.92 Å². The highest BCUT2D eigenvalue weighted by Gasteiger charge is 2.28. The molecule has 1 amide bonds. The van der Waals surface area contributed by atoms with Crippen LogP contribution in [0.4, 0.5) is 0 Å². The lowest BCUT2D eigenvalue weighted by molar-refractivity contribution is -0.154. The van der Waals surface area contributed by atoms with E-state index in [9.17, 15) is 14.4 Å². The summed E-state index contributed by atoms with van der Waals surface area (Å²) in [6, 6.07) is 10.5. The molecule has 2 rings (SSSR count). The first-order valence-electron chi connectivity index (χ1n) is 12.6. The molecule has 3 atom stereocenters. The molecule has 1 unspecified atom stereocenters. The lowest BCUT2D eigenvalue weighted by Gasteiger charge is -2.26. The van der Waals surface area contributed by atoms with E-state index in [1.54, 1.807) is 20.8 Å². The van der Waals surface area contributed by atoms with Gasteiger partial charge in [-0.3, -0.25) is 9.59 Å². The van der Waals surface area contributed by atoms with Crippen molar-refractivity contribution in [3.05, 3.63) is 53.9 Å². The number of amides is 1. The Morgan fingerprint density at radius 3 is 2.32 bits per heavy atom. The van der Waals surface area contributed by atoms with Gasteiger partial charge in [0, 0.05) is 18.2 Å². The topological polar surface area (TPSA) is 113 Å². The van der Waals surface area contributed by atoms with Crippen molar-refractivity contribution in [2.45, 2.75) is 71.9 Å². The first-order valence-corrected chi connectivity index (χ1v) is 12.6. The predicted octanol–water partition coefficient (Wildman–Crippen LogP) is 4.65. The molecule has 0 aliphatic heterocycles. The molecule has 1 aromatic heterocycles. The van der Waals surface area contributed by atoms with Gasteiger partial charge in [0.15, 0.2) is 17.2 Å².